The minimum atomic E-state index is -3.05. The van der Waals surface area contributed by atoms with E-state index < -0.39 is 12.0 Å². The fraction of sp³-hybridized carbons (Fsp3) is 0.345. The number of benzene rings is 2. The molecule has 0 saturated carbocycles. The van der Waals surface area contributed by atoms with E-state index in [4.69, 9.17) is 14.2 Å². The maximum Gasteiger partial charge on any atom is 0.296 e. The number of ether oxygens (including phenoxy) is 3. The summed E-state index contributed by atoms with van der Waals surface area (Å²) in [7, 11) is 1.68. The van der Waals surface area contributed by atoms with Gasteiger partial charge in [0, 0.05) is 24.7 Å². The summed E-state index contributed by atoms with van der Waals surface area (Å²) in [5.74, 6) is -1.13. The van der Waals surface area contributed by atoms with Crippen LogP contribution >= 0.6 is 0 Å². The Balaban J connectivity index is 1.33. The smallest absolute Gasteiger partial charge is 0.296 e. The molecule has 1 unspecified atom stereocenters. The zero-order valence-electron chi connectivity index (χ0n) is 23.6. The number of nitrogens with zero attached hydrogens (tertiary/aromatic N) is 7. The first-order valence-corrected chi connectivity index (χ1v) is 13.5. The van der Waals surface area contributed by atoms with Gasteiger partial charge in [-0.05, 0) is 63.7 Å². The lowest BCUT2D eigenvalue weighted by molar-refractivity contribution is -0.135. The third-order valence-electron chi connectivity index (χ3n) is 6.87. The number of rotatable bonds is 8. The van der Waals surface area contributed by atoms with Crippen LogP contribution in [0, 0.1) is 6.92 Å². The van der Waals surface area contributed by atoms with Gasteiger partial charge in [-0.25, -0.2) is 33.2 Å². The molecule has 13 heteroatoms. The van der Waals surface area contributed by atoms with Crippen molar-refractivity contribution in [1.29, 1.82) is 0 Å². The molecule has 0 radical (unpaired) electrons. The second-order valence-corrected chi connectivity index (χ2v) is 10.6. The monoisotopic (exact) mass is 576 g/mol. The average molecular weight is 577 g/mol. The first-order valence-electron chi connectivity index (χ1n) is 13.5. The quantitative estimate of drug-likeness (QED) is 0.257. The van der Waals surface area contributed by atoms with Crippen LogP contribution in [-0.4, -0.2) is 72.7 Å². The summed E-state index contributed by atoms with van der Waals surface area (Å²) >= 11 is 0. The van der Waals surface area contributed by atoms with Crippen LogP contribution in [-0.2, 0) is 0 Å². The maximum atomic E-state index is 15.1. The number of nitrogens with one attached hydrogen (secondary N) is 1. The molecule has 0 spiro atoms. The van der Waals surface area contributed by atoms with Crippen LogP contribution < -0.4 is 19.5 Å². The van der Waals surface area contributed by atoms with Crippen LogP contribution in [0.15, 0.2) is 55.4 Å². The van der Waals surface area contributed by atoms with Crippen LogP contribution in [0.3, 0.4) is 0 Å². The molecular formula is C29H30F2N8O3. The standard InChI is InChI=1S/C29H30F2N8O3/c1-17(2)40-22-8-6-20-26(27(22)42-23-9-10-38(4)13-29(23,30)31)28(34-14-32-20)37-19-5-7-21(18(3)11-19)41-25-12-24-33-15-36-39(24)16-35-25/h5-8,11-12,14-17,23H,9-10,13H2,1-4H3,(H,32,34,37). The van der Waals surface area contributed by atoms with Gasteiger partial charge in [0.15, 0.2) is 23.3 Å². The van der Waals surface area contributed by atoms with Crippen LogP contribution in [0.4, 0.5) is 20.3 Å². The van der Waals surface area contributed by atoms with Crippen molar-refractivity contribution in [2.24, 2.45) is 0 Å². The number of fused-ring (bicyclic) bond motifs is 2. The molecule has 11 nitrogen and oxygen atoms in total. The lowest BCUT2D eigenvalue weighted by atomic mass is 10.0. The largest absolute Gasteiger partial charge is 0.487 e. The first kappa shape index (κ1) is 27.5. The molecule has 6 rings (SSSR count). The molecule has 1 saturated heterocycles. The molecule has 218 valence electrons. The van der Waals surface area contributed by atoms with Crippen molar-refractivity contribution in [3.8, 4) is 23.1 Å². The Morgan fingerprint density at radius 2 is 1.86 bits per heavy atom. The molecule has 5 aromatic rings. The second kappa shape index (κ2) is 11.0. The van der Waals surface area contributed by atoms with Crippen molar-refractivity contribution < 1.29 is 23.0 Å². The topological polar surface area (TPSA) is 112 Å². The van der Waals surface area contributed by atoms with Gasteiger partial charge < -0.3 is 24.4 Å². The van der Waals surface area contributed by atoms with Crippen LogP contribution in [0.1, 0.15) is 25.8 Å². The zero-order valence-corrected chi connectivity index (χ0v) is 23.6. The van der Waals surface area contributed by atoms with Gasteiger partial charge in [0.2, 0.25) is 5.88 Å². The van der Waals surface area contributed by atoms with Crippen molar-refractivity contribution in [3.05, 3.63) is 60.9 Å². The predicted octanol–water partition coefficient (Wildman–Crippen LogP) is 5.42. The van der Waals surface area contributed by atoms with Crippen molar-refractivity contribution in [3.63, 3.8) is 0 Å². The molecular weight excluding hydrogens is 546 g/mol. The highest BCUT2D eigenvalue weighted by Gasteiger charge is 2.46. The molecule has 1 aliphatic heterocycles. The minimum absolute atomic E-state index is 0.164. The van der Waals surface area contributed by atoms with Gasteiger partial charge >= 0.3 is 0 Å². The third-order valence-corrected chi connectivity index (χ3v) is 6.87. The molecule has 1 atom stereocenters. The van der Waals surface area contributed by atoms with E-state index in [9.17, 15) is 0 Å². The molecule has 1 aliphatic rings. The van der Waals surface area contributed by atoms with E-state index in [0.29, 0.717) is 52.0 Å². The summed E-state index contributed by atoms with van der Waals surface area (Å²) in [5.41, 5.74) is 2.67. The summed E-state index contributed by atoms with van der Waals surface area (Å²) in [5, 5.41) is 7.80. The van der Waals surface area contributed by atoms with Gasteiger partial charge in [-0.3, -0.25) is 0 Å². The molecule has 0 bridgehead atoms. The number of aryl methyl sites for hydroxylation is 1. The zero-order chi connectivity index (χ0) is 29.4. The Hall–Kier alpha value is -4.65. The lowest BCUT2D eigenvalue weighted by Crippen LogP contribution is -2.52. The normalized spacial score (nSPS) is 17.1. The number of piperidine rings is 1. The fourth-order valence-electron chi connectivity index (χ4n) is 4.90. The number of likely N-dealkylation sites (tertiary alicyclic amines) is 1. The maximum absolute atomic E-state index is 15.1. The molecule has 3 aromatic heterocycles. The van der Waals surface area contributed by atoms with Gasteiger partial charge in [0.1, 0.15) is 30.5 Å². The molecule has 1 fully saturated rings. The van der Waals surface area contributed by atoms with Crippen LogP contribution in [0.2, 0.25) is 0 Å². The molecule has 0 amide bonds. The Labute approximate surface area is 240 Å². The summed E-state index contributed by atoms with van der Waals surface area (Å²) in [6.45, 7) is 5.73. The highest BCUT2D eigenvalue weighted by Crippen LogP contribution is 2.43. The first-order chi connectivity index (χ1) is 20.2. The van der Waals surface area contributed by atoms with E-state index in [-0.39, 0.29) is 24.8 Å². The average Bonchev–Trinajstić information content (AvgIpc) is 3.40. The SMILES string of the molecule is Cc1cc(Nc2ncnc3ccc(OC(C)C)c(OC4CCN(C)CC4(F)F)c23)ccc1Oc1cc2ncnn2cn1. The van der Waals surface area contributed by atoms with Gasteiger partial charge in [0.05, 0.1) is 23.6 Å². The minimum Gasteiger partial charge on any atom is -0.487 e. The van der Waals surface area contributed by atoms with Crippen LogP contribution in [0.5, 0.6) is 23.1 Å². The molecule has 2 aromatic carbocycles. The Morgan fingerprint density at radius 3 is 2.64 bits per heavy atom. The van der Waals surface area contributed by atoms with E-state index in [0.717, 1.165) is 5.56 Å². The van der Waals surface area contributed by atoms with E-state index in [1.807, 2.05) is 32.9 Å². The van der Waals surface area contributed by atoms with Gasteiger partial charge in [-0.1, -0.05) is 0 Å². The van der Waals surface area contributed by atoms with Gasteiger partial charge in [0.25, 0.3) is 5.92 Å². The van der Waals surface area contributed by atoms with E-state index in [1.54, 1.807) is 40.7 Å². The van der Waals surface area contributed by atoms with Crippen molar-refractivity contribution >= 4 is 28.1 Å². The Kier molecular flexibility index (Phi) is 7.19. The van der Waals surface area contributed by atoms with Crippen molar-refractivity contribution in [1.82, 2.24) is 34.4 Å². The van der Waals surface area contributed by atoms with Crippen LogP contribution in [0.25, 0.3) is 16.6 Å². The van der Waals surface area contributed by atoms with Gasteiger partial charge in [-0.2, -0.15) is 5.10 Å². The predicted molar refractivity (Wildman–Crippen MR) is 152 cm³/mol. The number of halogens is 2. The number of hydrogen-bond donors (Lipinski definition) is 1. The molecule has 42 heavy (non-hydrogen) atoms. The van der Waals surface area contributed by atoms with Crippen molar-refractivity contribution in [2.75, 3.05) is 25.5 Å². The van der Waals surface area contributed by atoms with E-state index in [2.05, 4.69) is 30.4 Å². The number of alkyl halides is 2. The summed E-state index contributed by atoms with van der Waals surface area (Å²) < 4.78 is 49.8. The fourth-order valence-corrected chi connectivity index (χ4v) is 4.90. The lowest BCUT2D eigenvalue weighted by Gasteiger charge is -2.36. The summed E-state index contributed by atoms with van der Waals surface area (Å²) in [6.07, 6.45) is 3.01. The third kappa shape index (κ3) is 5.59. The summed E-state index contributed by atoms with van der Waals surface area (Å²) in [6, 6.07) is 10.7. The highest BCUT2D eigenvalue weighted by molar-refractivity contribution is 5.97. The molecule has 4 heterocycles. The highest BCUT2D eigenvalue weighted by atomic mass is 19.3. The number of aromatic nitrogens is 6. The van der Waals surface area contributed by atoms with E-state index in [1.165, 1.54) is 19.0 Å². The second-order valence-electron chi connectivity index (χ2n) is 10.6. The van der Waals surface area contributed by atoms with Crippen molar-refractivity contribution in [2.45, 2.75) is 45.3 Å². The number of anilines is 2. The Bertz CT molecular complexity index is 1750. The summed E-state index contributed by atoms with van der Waals surface area (Å²) in [4.78, 5) is 18.9. The Morgan fingerprint density at radius 1 is 1.02 bits per heavy atom. The van der Waals surface area contributed by atoms with Gasteiger partial charge in [-0.15, -0.1) is 0 Å². The molecule has 1 N–H and O–H groups in total. The molecule has 0 aliphatic carbocycles. The van der Waals surface area contributed by atoms with E-state index >= 15 is 8.78 Å². The number of hydrogen-bond acceptors (Lipinski definition) is 10.